The SMILES string of the molecule is CC(=O)C[C@H](CC(=O)[C@@H]1CCCN(C(=O)CCC2CCNCC2)C1)c1cncc(-c2cccc(OCCF)c2)c1. The number of benzene rings is 1. The van der Waals surface area contributed by atoms with Crippen molar-refractivity contribution in [3.05, 3.63) is 48.3 Å². The zero-order chi connectivity index (χ0) is 28.3. The van der Waals surface area contributed by atoms with Gasteiger partial charge in [0.1, 0.15) is 30.6 Å². The Labute approximate surface area is 236 Å². The van der Waals surface area contributed by atoms with Crippen molar-refractivity contribution in [1.82, 2.24) is 15.2 Å². The fourth-order valence-corrected chi connectivity index (χ4v) is 5.95. The number of Topliss-reactive ketones (excluding diaryl/α,β-unsaturated/α-hetero) is 2. The quantitative estimate of drug-likeness (QED) is 0.371. The number of pyridine rings is 1. The van der Waals surface area contributed by atoms with Gasteiger partial charge in [0, 0.05) is 56.2 Å². The van der Waals surface area contributed by atoms with Gasteiger partial charge in [-0.2, -0.15) is 0 Å². The first-order valence-electron chi connectivity index (χ1n) is 14.7. The molecule has 216 valence electrons. The third-order valence-electron chi connectivity index (χ3n) is 8.18. The average molecular weight is 552 g/mol. The lowest BCUT2D eigenvalue weighted by Gasteiger charge is -2.33. The molecule has 0 spiro atoms. The number of aromatic nitrogens is 1. The molecule has 2 atom stereocenters. The second-order valence-electron chi connectivity index (χ2n) is 11.3. The molecule has 0 saturated carbocycles. The van der Waals surface area contributed by atoms with Crippen molar-refractivity contribution in [2.75, 3.05) is 39.5 Å². The Hall–Kier alpha value is -3.13. The standard InChI is InChI=1S/C32H42FN3O4/c1-23(37)16-27(29-17-28(20-35-21-29)25-4-2-6-30(18-25)40-15-11-33)19-31(38)26-5-3-14-36(22-26)32(39)8-7-24-9-12-34-13-10-24/h2,4,6,17-18,20-21,24,26-27,34H,3,5,7-16,19,22H2,1H3/t26-,27-/m1/s1. The molecule has 7 nitrogen and oxygen atoms in total. The summed E-state index contributed by atoms with van der Waals surface area (Å²) in [5.41, 5.74) is 2.54. The summed E-state index contributed by atoms with van der Waals surface area (Å²) >= 11 is 0. The number of halogens is 1. The van der Waals surface area contributed by atoms with Crippen LogP contribution < -0.4 is 10.1 Å². The summed E-state index contributed by atoms with van der Waals surface area (Å²) in [6, 6.07) is 9.35. The smallest absolute Gasteiger partial charge is 0.222 e. The summed E-state index contributed by atoms with van der Waals surface area (Å²) in [7, 11) is 0. The minimum Gasteiger partial charge on any atom is -0.491 e. The number of ether oxygens (including phenoxy) is 1. The Morgan fingerprint density at radius 3 is 2.70 bits per heavy atom. The van der Waals surface area contributed by atoms with Crippen molar-refractivity contribution in [3.63, 3.8) is 0 Å². The number of carbonyl (C=O) groups is 3. The minimum atomic E-state index is -0.562. The Morgan fingerprint density at radius 1 is 1.10 bits per heavy atom. The average Bonchev–Trinajstić information content (AvgIpc) is 2.99. The van der Waals surface area contributed by atoms with Gasteiger partial charge in [0.15, 0.2) is 0 Å². The fourth-order valence-electron chi connectivity index (χ4n) is 5.95. The monoisotopic (exact) mass is 551 g/mol. The van der Waals surface area contributed by atoms with Crippen molar-refractivity contribution < 1.29 is 23.5 Å². The minimum absolute atomic E-state index is 0.00698. The first kappa shape index (κ1) is 29.8. The third kappa shape index (κ3) is 8.68. The van der Waals surface area contributed by atoms with E-state index in [0.717, 1.165) is 61.9 Å². The highest BCUT2D eigenvalue weighted by Gasteiger charge is 2.30. The zero-order valence-electron chi connectivity index (χ0n) is 23.6. The van der Waals surface area contributed by atoms with Gasteiger partial charge >= 0.3 is 0 Å². The lowest BCUT2D eigenvalue weighted by molar-refractivity contribution is -0.135. The molecule has 2 aliphatic heterocycles. The van der Waals surface area contributed by atoms with E-state index in [4.69, 9.17) is 4.74 Å². The molecule has 3 heterocycles. The number of carbonyl (C=O) groups excluding carboxylic acids is 3. The molecular formula is C32H42FN3O4. The van der Waals surface area contributed by atoms with Gasteiger partial charge in [0.2, 0.25) is 5.91 Å². The molecule has 1 amide bonds. The summed E-state index contributed by atoms with van der Waals surface area (Å²) in [6.07, 6.45) is 9.28. The Balaban J connectivity index is 1.40. The highest BCUT2D eigenvalue weighted by molar-refractivity contribution is 5.85. The molecule has 1 aromatic carbocycles. The summed E-state index contributed by atoms with van der Waals surface area (Å²) in [6.45, 7) is 4.22. The highest BCUT2D eigenvalue weighted by atomic mass is 19.1. The van der Waals surface area contributed by atoms with Crippen molar-refractivity contribution in [2.24, 2.45) is 11.8 Å². The number of nitrogens with zero attached hydrogens (tertiary/aromatic N) is 2. The zero-order valence-corrected chi connectivity index (χ0v) is 23.6. The van der Waals surface area contributed by atoms with Crippen LogP contribution in [0.1, 0.15) is 69.8 Å². The third-order valence-corrected chi connectivity index (χ3v) is 8.18. The highest BCUT2D eigenvalue weighted by Crippen LogP contribution is 2.32. The maximum atomic E-state index is 13.5. The fraction of sp³-hybridized carbons (Fsp3) is 0.562. The molecule has 2 fully saturated rings. The second-order valence-corrected chi connectivity index (χ2v) is 11.3. The van der Waals surface area contributed by atoms with Crippen LogP contribution >= 0.6 is 0 Å². The van der Waals surface area contributed by atoms with E-state index in [0.29, 0.717) is 31.2 Å². The van der Waals surface area contributed by atoms with Crippen molar-refractivity contribution >= 4 is 17.5 Å². The molecular weight excluding hydrogens is 509 g/mol. The molecule has 0 unspecified atom stereocenters. The number of nitrogens with one attached hydrogen (secondary N) is 1. The van der Waals surface area contributed by atoms with Gasteiger partial charge in [0.05, 0.1) is 0 Å². The molecule has 40 heavy (non-hydrogen) atoms. The van der Waals surface area contributed by atoms with Gasteiger partial charge in [-0.3, -0.25) is 14.6 Å². The van der Waals surface area contributed by atoms with Crippen LogP contribution in [0.2, 0.25) is 0 Å². The van der Waals surface area contributed by atoms with E-state index in [9.17, 15) is 18.8 Å². The number of alkyl halides is 1. The number of piperidine rings is 2. The molecule has 2 saturated heterocycles. The normalized spacial score (nSPS) is 18.8. The maximum Gasteiger partial charge on any atom is 0.222 e. The Morgan fingerprint density at radius 2 is 1.93 bits per heavy atom. The van der Waals surface area contributed by atoms with E-state index in [1.54, 1.807) is 25.4 Å². The van der Waals surface area contributed by atoms with E-state index >= 15 is 0 Å². The van der Waals surface area contributed by atoms with Gasteiger partial charge in [-0.25, -0.2) is 4.39 Å². The molecule has 1 aromatic heterocycles. The van der Waals surface area contributed by atoms with Crippen LogP contribution in [0.3, 0.4) is 0 Å². The molecule has 4 rings (SSSR count). The van der Waals surface area contributed by atoms with Crippen LogP contribution in [0.15, 0.2) is 42.7 Å². The molecule has 1 N–H and O–H groups in total. The largest absolute Gasteiger partial charge is 0.491 e. The van der Waals surface area contributed by atoms with E-state index in [-0.39, 0.29) is 48.8 Å². The first-order chi connectivity index (χ1) is 19.4. The predicted octanol–water partition coefficient (Wildman–Crippen LogP) is 5.14. The molecule has 0 bridgehead atoms. The van der Waals surface area contributed by atoms with Crippen LogP contribution in [0.25, 0.3) is 11.1 Å². The number of ketones is 2. The van der Waals surface area contributed by atoms with Gasteiger partial charge in [-0.05, 0) is 93.3 Å². The molecule has 2 aliphatic rings. The number of hydrogen-bond donors (Lipinski definition) is 1. The Bertz CT molecular complexity index is 1150. The number of amides is 1. The maximum absolute atomic E-state index is 13.5. The summed E-state index contributed by atoms with van der Waals surface area (Å²) < 4.78 is 18.0. The van der Waals surface area contributed by atoms with E-state index in [2.05, 4.69) is 10.3 Å². The lowest BCUT2D eigenvalue weighted by Crippen LogP contribution is -2.42. The van der Waals surface area contributed by atoms with Gasteiger partial charge in [-0.1, -0.05) is 12.1 Å². The second kappa shape index (κ2) is 15.0. The number of hydrogen-bond acceptors (Lipinski definition) is 6. The predicted molar refractivity (Wildman–Crippen MR) is 153 cm³/mol. The van der Waals surface area contributed by atoms with Crippen LogP contribution in [0.4, 0.5) is 4.39 Å². The van der Waals surface area contributed by atoms with Crippen molar-refractivity contribution in [3.8, 4) is 16.9 Å². The van der Waals surface area contributed by atoms with Gasteiger partial charge in [0.25, 0.3) is 0 Å². The van der Waals surface area contributed by atoms with E-state index < -0.39 is 6.67 Å². The molecule has 8 heteroatoms. The van der Waals surface area contributed by atoms with Crippen LogP contribution in [-0.4, -0.2) is 66.8 Å². The number of rotatable bonds is 13. The topological polar surface area (TPSA) is 88.6 Å². The van der Waals surface area contributed by atoms with Crippen LogP contribution in [0.5, 0.6) is 5.75 Å². The molecule has 0 aliphatic carbocycles. The van der Waals surface area contributed by atoms with Gasteiger partial charge in [-0.15, -0.1) is 0 Å². The number of likely N-dealkylation sites (tertiary alicyclic amines) is 1. The van der Waals surface area contributed by atoms with Crippen molar-refractivity contribution in [2.45, 2.75) is 64.2 Å². The van der Waals surface area contributed by atoms with Crippen LogP contribution in [0, 0.1) is 11.8 Å². The van der Waals surface area contributed by atoms with E-state index in [1.807, 2.05) is 29.2 Å². The summed E-state index contributed by atoms with van der Waals surface area (Å²) in [4.78, 5) is 45.0. The summed E-state index contributed by atoms with van der Waals surface area (Å²) in [5, 5.41) is 3.37. The molecule has 2 aromatic rings. The lowest BCUT2D eigenvalue weighted by atomic mass is 9.83. The Kier molecular flexibility index (Phi) is 11.2. The van der Waals surface area contributed by atoms with Gasteiger partial charge < -0.3 is 19.7 Å². The van der Waals surface area contributed by atoms with Crippen molar-refractivity contribution in [1.29, 1.82) is 0 Å². The first-order valence-corrected chi connectivity index (χ1v) is 14.7. The molecule has 0 radical (unpaired) electrons. The van der Waals surface area contributed by atoms with Crippen LogP contribution in [-0.2, 0) is 14.4 Å². The van der Waals surface area contributed by atoms with E-state index in [1.165, 1.54) is 0 Å². The summed E-state index contributed by atoms with van der Waals surface area (Å²) in [5.74, 6) is 0.974.